The molecule has 1 unspecified atom stereocenters. The molecule has 88 valence electrons. The van der Waals surface area contributed by atoms with Crippen LogP contribution in [0.15, 0.2) is 24.3 Å². The molecule has 0 amide bonds. The Hall–Kier alpha value is -0.820. The molecule has 0 saturated heterocycles. The van der Waals surface area contributed by atoms with Gasteiger partial charge in [-0.25, -0.2) is 0 Å². The van der Waals surface area contributed by atoms with Gasteiger partial charge in [-0.2, -0.15) is 0 Å². The molecule has 0 heterocycles. The van der Waals surface area contributed by atoms with Gasteiger partial charge in [0.25, 0.3) is 0 Å². The van der Waals surface area contributed by atoms with Crippen LogP contribution in [0, 0.1) is 5.92 Å². The van der Waals surface area contributed by atoms with Crippen molar-refractivity contribution in [3.8, 4) is 0 Å². The lowest BCUT2D eigenvalue weighted by molar-refractivity contribution is 0.270. The topological polar surface area (TPSA) is 20.2 Å². The first-order valence-electron chi connectivity index (χ1n) is 6.55. The molecule has 1 aromatic rings. The maximum absolute atomic E-state index is 9.11. The molecule has 0 aliphatic heterocycles. The van der Waals surface area contributed by atoms with E-state index in [2.05, 4.69) is 31.2 Å². The fraction of sp³-hybridized carbons (Fsp3) is 0.600. The van der Waals surface area contributed by atoms with Gasteiger partial charge in [-0.05, 0) is 48.6 Å². The van der Waals surface area contributed by atoms with E-state index < -0.39 is 0 Å². The second-order valence-corrected chi connectivity index (χ2v) is 4.95. The fourth-order valence-electron chi connectivity index (χ4n) is 2.53. The molecule has 2 rings (SSSR count). The van der Waals surface area contributed by atoms with Crippen molar-refractivity contribution in [1.82, 2.24) is 0 Å². The Morgan fingerprint density at radius 1 is 1.25 bits per heavy atom. The van der Waals surface area contributed by atoms with Crippen LogP contribution in [0.2, 0.25) is 0 Å². The third-order valence-electron chi connectivity index (χ3n) is 3.58. The minimum atomic E-state index is 0.317. The lowest BCUT2D eigenvalue weighted by atomic mass is 9.90. The Bertz CT molecular complexity index is 311. The molecule has 1 aliphatic carbocycles. The van der Waals surface area contributed by atoms with Gasteiger partial charge in [0.1, 0.15) is 0 Å². The molecule has 0 radical (unpaired) electrons. The van der Waals surface area contributed by atoms with Crippen LogP contribution in [0.1, 0.15) is 49.7 Å². The number of benzene rings is 1. The highest BCUT2D eigenvalue weighted by atomic mass is 16.3. The highest BCUT2D eigenvalue weighted by Gasteiger charge is 2.31. The Morgan fingerprint density at radius 2 is 1.94 bits per heavy atom. The van der Waals surface area contributed by atoms with E-state index >= 15 is 0 Å². The molecule has 1 aliphatic rings. The smallest absolute Gasteiger partial charge is 0.0436 e. The van der Waals surface area contributed by atoms with Gasteiger partial charge in [0.2, 0.25) is 0 Å². The Morgan fingerprint density at radius 3 is 2.44 bits per heavy atom. The van der Waals surface area contributed by atoms with Gasteiger partial charge in [0.15, 0.2) is 0 Å². The first kappa shape index (κ1) is 11.7. The van der Waals surface area contributed by atoms with Crippen LogP contribution in [0.3, 0.4) is 0 Å². The van der Waals surface area contributed by atoms with Gasteiger partial charge < -0.3 is 5.11 Å². The molecule has 1 atom stereocenters. The summed E-state index contributed by atoms with van der Waals surface area (Å²) in [6.45, 7) is 2.53. The highest BCUT2D eigenvalue weighted by molar-refractivity contribution is 5.27. The molecule has 1 nitrogen and oxygen atoms in total. The maximum Gasteiger partial charge on any atom is 0.0436 e. The molecule has 1 saturated carbocycles. The molecule has 1 heteroatoms. The molecule has 0 bridgehead atoms. The largest absolute Gasteiger partial charge is 0.396 e. The summed E-state index contributed by atoms with van der Waals surface area (Å²) in [7, 11) is 0. The molecule has 1 N–H and O–H groups in total. The summed E-state index contributed by atoms with van der Waals surface area (Å²) < 4.78 is 0. The van der Waals surface area contributed by atoms with Crippen molar-refractivity contribution in [2.24, 2.45) is 5.92 Å². The van der Waals surface area contributed by atoms with E-state index in [-0.39, 0.29) is 0 Å². The van der Waals surface area contributed by atoms with E-state index in [1.165, 1.54) is 36.8 Å². The second kappa shape index (κ2) is 5.49. The summed E-state index contributed by atoms with van der Waals surface area (Å²) in [5.41, 5.74) is 2.86. The lowest BCUT2D eigenvalue weighted by Gasteiger charge is -2.15. The third-order valence-corrected chi connectivity index (χ3v) is 3.58. The van der Waals surface area contributed by atoms with Crippen molar-refractivity contribution in [2.45, 2.75) is 44.9 Å². The first-order chi connectivity index (χ1) is 7.85. The van der Waals surface area contributed by atoms with Gasteiger partial charge in [0, 0.05) is 6.61 Å². The summed E-state index contributed by atoms with van der Waals surface area (Å²) >= 11 is 0. The summed E-state index contributed by atoms with van der Waals surface area (Å²) in [4.78, 5) is 0. The van der Waals surface area contributed by atoms with Crippen LogP contribution < -0.4 is 0 Å². The monoisotopic (exact) mass is 218 g/mol. The molecular formula is C15H22O. The molecule has 1 fully saturated rings. The predicted octanol–water partition coefficient (Wildman–Crippen LogP) is 3.52. The van der Waals surface area contributed by atoms with E-state index in [1.54, 1.807) is 0 Å². The molecule has 0 aromatic heterocycles. The summed E-state index contributed by atoms with van der Waals surface area (Å²) in [6, 6.07) is 9.05. The number of aryl methyl sites for hydroxylation is 1. The quantitative estimate of drug-likeness (QED) is 0.774. The predicted molar refractivity (Wildman–Crippen MR) is 67.6 cm³/mol. The van der Waals surface area contributed by atoms with E-state index in [0.29, 0.717) is 12.5 Å². The summed E-state index contributed by atoms with van der Waals surface area (Å²) in [6.07, 6.45) is 6.01. The number of hydrogen-bond acceptors (Lipinski definition) is 1. The van der Waals surface area contributed by atoms with Crippen molar-refractivity contribution in [2.75, 3.05) is 6.61 Å². The SMILES string of the molecule is CCCc1ccc(C(CCO)C2CC2)cc1. The van der Waals surface area contributed by atoms with Gasteiger partial charge in [0.05, 0.1) is 0 Å². The number of rotatable bonds is 6. The third kappa shape index (κ3) is 2.85. The Labute approximate surface area is 98.5 Å². The zero-order valence-corrected chi connectivity index (χ0v) is 10.2. The van der Waals surface area contributed by atoms with E-state index in [0.717, 1.165) is 12.3 Å². The number of hydrogen-bond donors (Lipinski definition) is 1. The number of aliphatic hydroxyl groups excluding tert-OH is 1. The molecule has 1 aromatic carbocycles. The fourth-order valence-corrected chi connectivity index (χ4v) is 2.53. The maximum atomic E-state index is 9.11. The minimum Gasteiger partial charge on any atom is -0.396 e. The highest BCUT2D eigenvalue weighted by Crippen LogP contribution is 2.44. The van der Waals surface area contributed by atoms with E-state index in [9.17, 15) is 0 Å². The lowest BCUT2D eigenvalue weighted by Crippen LogP contribution is -2.04. The van der Waals surface area contributed by atoms with Gasteiger partial charge in [-0.3, -0.25) is 0 Å². The average Bonchev–Trinajstić information content (AvgIpc) is 3.12. The van der Waals surface area contributed by atoms with Crippen LogP contribution in [-0.4, -0.2) is 11.7 Å². The molecule has 16 heavy (non-hydrogen) atoms. The van der Waals surface area contributed by atoms with Gasteiger partial charge in [-0.1, -0.05) is 37.6 Å². The van der Waals surface area contributed by atoms with Crippen LogP contribution >= 0.6 is 0 Å². The zero-order chi connectivity index (χ0) is 11.4. The molecular weight excluding hydrogens is 196 g/mol. The van der Waals surface area contributed by atoms with Crippen molar-refractivity contribution in [3.63, 3.8) is 0 Å². The number of aliphatic hydroxyl groups is 1. The summed E-state index contributed by atoms with van der Waals surface area (Å²) in [5.74, 6) is 1.44. The zero-order valence-electron chi connectivity index (χ0n) is 10.2. The van der Waals surface area contributed by atoms with Crippen molar-refractivity contribution in [1.29, 1.82) is 0 Å². The van der Waals surface area contributed by atoms with Crippen molar-refractivity contribution in [3.05, 3.63) is 35.4 Å². The van der Waals surface area contributed by atoms with E-state index in [1.807, 2.05) is 0 Å². The normalized spacial score (nSPS) is 17.4. The van der Waals surface area contributed by atoms with Gasteiger partial charge >= 0.3 is 0 Å². The second-order valence-electron chi connectivity index (χ2n) is 4.95. The van der Waals surface area contributed by atoms with Crippen LogP contribution in [0.4, 0.5) is 0 Å². The molecule has 0 spiro atoms. The first-order valence-corrected chi connectivity index (χ1v) is 6.55. The van der Waals surface area contributed by atoms with Crippen molar-refractivity contribution < 1.29 is 5.11 Å². The van der Waals surface area contributed by atoms with Crippen LogP contribution in [0.25, 0.3) is 0 Å². The Kier molecular flexibility index (Phi) is 4.00. The average molecular weight is 218 g/mol. The summed E-state index contributed by atoms with van der Waals surface area (Å²) in [5, 5.41) is 9.11. The Balaban J connectivity index is 2.05. The minimum absolute atomic E-state index is 0.317. The van der Waals surface area contributed by atoms with E-state index in [4.69, 9.17) is 5.11 Å². The van der Waals surface area contributed by atoms with Crippen LogP contribution in [0.5, 0.6) is 0 Å². The van der Waals surface area contributed by atoms with Crippen molar-refractivity contribution >= 4 is 0 Å². The van der Waals surface area contributed by atoms with Gasteiger partial charge in [-0.15, -0.1) is 0 Å². The van der Waals surface area contributed by atoms with Crippen LogP contribution in [-0.2, 0) is 6.42 Å². The standard InChI is InChI=1S/C15H22O/c1-2-3-12-4-6-13(7-5-12)15(10-11-16)14-8-9-14/h4-7,14-16H,2-3,8-11H2,1H3.